The summed E-state index contributed by atoms with van der Waals surface area (Å²) in [6.45, 7) is 2.52. The molecule has 1 N–H and O–H groups in total. The van der Waals surface area contributed by atoms with Gasteiger partial charge in [0.1, 0.15) is 11.5 Å². The van der Waals surface area contributed by atoms with Gasteiger partial charge >= 0.3 is 0 Å². The van der Waals surface area contributed by atoms with Gasteiger partial charge in [-0.3, -0.25) is 10.2 Å². The third kappa shape index (κ3) is 5.27. The summed E-state index contributed by atoms with van der Waals surface area (Å²) in [5.41, 5.74) is 5.99. The summed E-state index contributed by atoms with van der Waals surface area (Å²) < 4.78 is 20.6. The lowest BCUT2D eigenvalue weighted by Gasteiger charge is -2.35. The smallest absolute Gasteiger partial charge is 0.289 e. The van der Waals surface area contributed by atoms with E-state index in [1.165, 1.54) is 19.2 Å². The number of benzene rings is 3. The van der Waals surface area contributed by atoms with E-state index >= 15 is 0 Å². The van der Waals surface area contributed by atoms with Crippen LogP contribution in [0.5, 0.6) is 5.75 Å². The monoisotopic (exact) mass is 539 g/mol. The molecule has 1 aliphatic heterocycles. The molecule has 37 heavy (non-hydrogen) atoms. The van der Waals surface area contributed by atoms with Crippen molar-refractivity contribution in [2.45, 2.75) is 0 Å². The molecule has 0 unspecified atom stereocenters. The topological polar surface area (TPSA) is 62.6 Å². The number of carbonyl (C=O) groups is 1. The highest BCUT2D eigenvalue weighted by Crippen LogP contribution is 2.37. The number of carbonyl (C=O) groups excluding carboxylic acids is 1. The number of nitrogens with one attached hydrogen (secondary N) is 1. The van der Waals surface area contributed by atoms with Crippen molar-refractivity contribution in [2.24, 2.45) is 0 Å². The molecule has 1 aromatic heterocycles. The fourth-order valence-corrected chi connectivity index (χ4v) is 4.67. The van der Waals surface area contributed by atoms with Gasteiger partial charge in [0.15, 0.2) is 11.4 Å². The number of halogens is 3. The third-order valence-corrected chi connectivity index (χ3v) is 6.76. The minimum absolute atomic E-state index is 0.133. The largest absolute Gasteiger partial charge is 0.492 e. The number of hydrogen-bond acceptors (Lipinski definition) is 5. The summed E-state index contributed by atoms with van der Waals surface area (Å²) in [5.74, 6) is -0.337. The Morgan fingerprint density at radius 3 is 2.27 bits per heavy atom. The van der Waals surface area contributed by atoms with E-state index in [0.717, 1.165) is 11.3 Å². The maximum atomic E-state index is 13.4. The van der Waals surface area contributed by atoms with E-state index in [0.29, 0.717) is 53.4 Å². The number of aromatic nitrogens is 2. The van der Waals surface area contributed by atoms with Crippen molar-refractivity contribution in [3.8, 4) is 22.7 Å². The van der Waals surface area contributed by atoms with E-state index in [9.17, 15) is 9.18 Å². The van der Waals surface area contributed by atoms with Crippen molar-refractivity contribution in [3.63, 3.8) is 0 Å². The second-order valence-electron chi connectivity index (χ2n) is 8.49. The van der Waals surface area contributed by atoms with Crippen LogP contribution in [0.25, 0.3) is 16.9 Å². The highest BCUT2D eigenvalue weighted by Gasteiger charge is 2.28. The molecule has 4 aromatic rings. The zero-order valence-corrected chi connectivity index (χ0v) is 21.5. The van der Waals surface area contributed by atoms with E-state index in [1.807, 2.05) is 35.3 Å². The molecular formula is C27H24Cl2FN5O2. The Hall–Kier alpha value is -3.59. The van der Waals surface area contributed by atoms with Crippen LogP contribution in [0.1, 0.15) is 10.5 Å². The second-order valence-corrected chi connectivity index (χ2v) is 9.34. The molecule has 1 amide bonds. The minimum Gasteiger partial charge on any atom is -0.492 e. The number of hydrazine groups is 1. The second kappa shape index (κ2) is 10.8. The Labute approximate surface area is 223 Å². The predicted octanol–water partition coefficient (Wildman–Crippen LogP) is 5.46. The molecule has 3 aromatic carbocycles. The molecular weight excluding hydrogens is 516 g/mol. The lowest BCUT2D eigenvalue weighted by molar-refractivity contribution is 0.0768. The first-order chi connectivity index (χ1) is 17.9. The van der Waals surface area contributed by atoms with Crippen LogP contribution in [0.3, 0.4) is 0 Å². The summed E-state index contributed by atoms with van der Waals surface area (Å²) in [6.07, 6.45) is 0. The first-order valence-electron chi connectivity index (χ1n) is 11.7. The predicted molar refractivity (Wildman–Crippen MR) is 143 cm³/mol. The molecule has 1 fully saturated rings. The fraction of sp³-hybridized carbons (Fsp3) is 0.185. The summed E-state index contributed by atoms with van der Waals surface area (Å²) in [5, 5.41) is 7.55. The van der Waals surface area contributed by atoms with Crippen molar-refractivity contribution in [3.05, 3.63) is 94.4 Å². The van der Waals surface area contributed by atoms with Crippen LogP contribution in [0.4, 0.5) is 10.1 Å². The Morgan fingerprint density at radius 1 is 0.946 bits per heavy atom. The first-order valence-corrected chi connectivity index (χ1v) is 12.4. The number of piperazine rings is 1. The van der Waals surface area contributed by atoms with E-state index in [4.69, 9.17) is 27.9 Å². The van der Waals surface area contributed by atoms with Crippen LogP contribution in [-0.2, 0) is 0 Å². The van der Waals surface area contributed by atoms with Gasteiger partial charge in [-0.1, -0.05) is 47.5 Å². The Kier molecular flexibility index (Phi) is 7.32. The van der Waals surface area contributed by atoms with Gasteiger partial charge in [0.05, 0.1) is 17.8 Å². The number of ether oxygens (including phenoxy) is 1. The number of methoxy groups -OCH3 is 1. The van der Waals surface area contributed by atoms with Crippen molar-refractivity contribution < 1.29 is 13.9 Å². The first kappa shape index (κ1) is 25.1. The van der Waals surface area contributed by atoms with Gasteiger partial charge in [-0.2, -0.15) is 5.10 Å². The molecule has 0 radical (unpaired) electrons. The van der Waals surface area contributed by atoms with Crippen LogP contribution < -0.4 is 15.1 Å². The van der Waals surface area contributed by atoms with Crippen molar-refractivity contribution >= 4 is 34.8 Å². The van der Waals surface area contributed by atoms with E-state index in [-0.39, 0.29) is 11.5 Å². The Balaban J connectivity index is 1.42. The summed E-state index contributed by atoms with van der Waals surface area (Å²) in [6, 6.07) is 20.9. The number of amides is 1. The number of nitrogens with zero attached hydrogens (tertiary/aromatic N) is 4. The van der Waals surface area contributed by atoms with Gasteiger partial charge in [-0.25, -0.2) is 14.1 Å². The van der Waals surface area contributed by atoms with E-state index in [1.54, 1.807) is 35.0 Å². The summed E-state index contributed by atoms with van der Waals surface area (Å²) in [7, 11) is 1.51. The lowest BCUT2D eigenvalue weighted by Crippen LogP contribution is -2.53. The van der Waals surface area contributed by atoms with Crippen LogP contribution in [0.15, 0.2) is 72.8 Å². The number of para-hydroxylation sites is 1. The summed E-state index contributed by atoms with van der Waals surface area (Å²) >= 11 is 12.6. The molecule has 0 aliphatic carbocycles. The van der Waals surface area contributed by atoms with Crippen LogP contribution in [0, 0.1) is 5.82 Å². The van der Waals surface area contributed by atoms with Gasteiger partial charge in [-0.05, 0) is 48.5 Å². The number of hydrogen-bond donors (Lipinski definition) is 1. The van der Waals surface area contributed by atoms with E-state index < -0.39 is 5.91 Å². The van der Waals surface area contributed by atoms with E-state index in [2.05, 4.69) is 15.4 Å². The molecule has 2 heterocycles. The Morgan fingerprint density at radius 2 is 1.62 bits per heavy atom. The standard InChI is InChI=1S/C27H24Cl2FN5O2/c1-37-26-24(27(36)32-34-16-14-33(15-17-34)21-12-10-20(30)11-13-21)31-35(23-5-3-2-4-22(23)29)25(26)18-6-8-19(28)9-7-18/h2-13H,14-17H2,1H3,(H,32,36). The lowest BCUT2D eigenvalue weighted by atomic mass is 10.1. The van der Waals surface area contributed by atoms with Crippen LogP contribution in [0.2, 0.25) is 10.0 Å². The van der Waals surface area contributed by atoms with Crippen molar-refractivity contribution in [1.82, 2.24) is 20.2 Å². The highest BCUT2D eigenvalue weighted by molar-refractivity contribution is 6.32. The average Bonchev–Trinajstić information content (AvgIpc) is 3.30. The van der Waals surface area contributed by atoms with Crippen molar-refractivity contribution in [2.75, 3.05) is 38.2 Å². The molecule has 190 valence electrons. The van der Waals surface area contributed by atoms with Gasteiger partial charge < -0.3 is 9.64 Å². The SMILES string of the molecule is COc1c(C(=O)NN2CCN(c3ccc(F)cc3)CC2)nn(-c2ccccc2Cl)c1-c1ccc(Cl)cc1. The zero-order valence-electron chi connectivity index (χ0n) is 20.0. The quantitative estimate of drug-likeness (QED) is 0.352. The van der Waals surface area contributed by atoms with Crippen LogP contribution in [-0.4, -0.2) is 54.0 Å². The average molecular weight is 540 g/mol. The molecule has 1 aliphatic rings. The van der Waals surface area contributed by atoms with Gasteiger partial charge in [-0.15, -0.1) is 0 Å². The molecule has 7 nitrogen and oxygen atoms in total. The van der Waals surface area contributed by atoms with Gasteiger partial charge in [0.2, 0.25) is 0 Å². The van der Waals surface area contributed by atoms with Crippen LogP contribution >= 0.6 is 23.2 Å². The molecule has 5 rings (SSSR count). The molecule has 0 spiro atoms. The Bertz CT molecular complexity index is 1400. The maximum absolute atomic E-state index is 13.4. The molecule has 10 heteroatoms. The normalized spacial score (nSPS) is 14.0. The maximum Gasteiger partial charge on any atom is 0.289 e. The molecule has 0 bridgehead atoms. The third-order valence-electron chi connectivity index (χ3n) is 6.19. The number of rotatable bonds is 6. The van der Waals surface area contributed by atoms with Gasteiger partial charge in [0, 0.05) is 42.5 Å². The molecule has 0 atom stereocenters. The fourth-order valence-electron chi connectivity index (χ4n) is 4.33. The van der Waals surface area contributed by atoms with Gasteiger partial charge in [0.25, 0.3) is 5.91 Å². The zero-order chi connectivity index (χ0) is 25.9. The summed E-state index contributed by atoms with van der Waals surface area (Å²) in [4.78, 5) is 15.6. The highest BCUT2D eigenvalue weighted by atomic mass is 35.5. The minimum atomic E-state index is -0.395. The molecule has 1 saturated heterocycles. The number of anilines is 1. The molecule has 0 saturated carbocycles. The van der Waals surface area contributed by atoms with Crippen molar-refractivity contribution in [1.29, 1.82) is 0 Å².